The van der Waals surface area contributed by atoms with E-state index in [0.29, 0.717) is 22.5 Å². The van der Waals surface area contributed by atoms with Crippen LogP contribution in [0, 0.1) is 18.6 Å². The number of amides is 1. The number of H-pyrrole nitrogens is 1. The molecule has 32 heavy (non-hydrogen) atoms. The van der Waals surface area contributed by atoms with Crippen molar-refractivity contribution in [2.75, 3.05) is 0 Å². The Bertz CT molecular complexity index is 1470. The predicted molar refractivity (Wildman–Crippen MR) is 114 cm³/mol. The van der Waals surface area contributed by atoms with Crippen LogP contribution >= 0.6 is 0 Å². The highest BCUT2D eigenvalue weighted by molar-refractivity contribution is 6.03. The molecule has 3 N–H and O–H groups in total. The number of aromatic amines is 1. The summed E-state index contributed by atoms with van der Waals surface area (Å²) in [5.41, 5.74) is 7.10. The third-order valence-corrected chi connectivity index (χ3v) is 5.83. The summed E-state index contributed by atoms with van der Waals surface area (Å²) < 4.78 is 34.4. The average Bonchev–Trinajstić information content (AvgIpc) is 3.16. The van der Waals surface area contributed by atoms with Crippen LogP contribution in [0.1, 0.15) is 44.9 Å². The maximum Gasteiger partial charge on any atom is 0.268 e. The van der Waals surface area contributed by atoms with Crippen LogP contribution in [0.5, 0.6) is 5.75 Å². The lowest BCUT2D eigenvalue weighted by Gasteiger charge is -2.22. The Labute approximate surface area is 180 Å². The Hall–Kier alpha value is -4.07. The van der Waals surface area contributed by atoms with Gasteiger partial charge in [-0.2, -0.15) is 0 Å². The van der Waals surface area contributed by atoms with Crippen LogP contribution in [0.3, 0.4) is 0 Å². The van der Waals surface area contributed by atoms with Gasteiger partial charge in [0.05, 0.1) is 22.5 Å². The third-order valence-electron chi connectivity index (χ3n) is 5.83. The lowest BCUT2D eigenvalue weighted by molar-refractivity contribution is 0.0997. The predicted octanol–water partition coefficient (Wildman–Crippen LogP) is 3.87. The summed E-state index contributed by atoms with van der Waals surface area (Å²) in [5.74, 6) is -2.57. The second kappa shape index (κ2) is 7.26. The molecule has 5 rings (SSSR count). The van der Waals surface area contributed by atoms with Gasteiger partial charge in [0.2, 0.25) is 0 Å². The van der Waals surface area contributed by atoms with Gasteiger partial charge in [-0.3, -0.25) is 14.6 Å². The first kappa shape index (κ1) is 19.9. The highest BCUT2D eigenvalue weighted by Gasteiger charge is 2.39. The number of fused-ring (bicyclic) bond motifs is 2. The number of hydrogen-bond donors (Lipinski definition) is 2. The van der Waals surface area contributed by atoms with Crippen LogP contribution in [0.2, 0.25) is 0 Å². The molecule has 0 aliphatic carbocycles. The maximum absolute atomic E-state index is 14.4. The minimum atomic E-state index is -0.930. The topological polar surface area (TPSA) is 98.1 Å². The molecule has 2 aromatic carbocycles. The maximum atomic E-state index is 14.4. The quantitative estimate of drug-likeness (QED) is 0.512. The Morgan fingerprint density at radius 2 is 1.91 bits per heavy atom. The molecule has 3 heterocycles. The van der Waals surface area contributed by atoms with E-state index < -0.39 is 35.0 Å². The van der Waals surface area contributed by atoms with Gasteiger partial charge in [-0.15, -0.1) is 0 Å². The first-order chi connectivity index (χ1) is 15.4. The van der Waals surface area contributed by atoms with Crippen molar-refractivity contribution in [1.29, 1.82) is 0 Å². The van der Waals surface area contributed by atoms with E-state index in [4.69, 9.17) is 10.5 Å². The zero-order valence-corrected chi connectivity index (χ0v) is 16.9. The molecule has 0 saturated carbocycles. The van der Waals surface area contributed by atoms with Gasteiger partial charge in [0.1, 0.15) is 17.5 Å². The molecule has 0 fully saturated rings. The number of primary amides is 1. The third kappa shape index (κ3) is 2.95. The number of nitrogens with one attached hydrogen (secondary N) is 1. The van der Waals surface area contributed by atoms with Crippen molar-refractivity contribution >= 4 is 16.8 Å². The lowest BCUT2D eigenvalue weighted by Crippen LogP contribution is -2.20. The molecule has 1 aliphatic rings. The zero-order valence-electron chi connectivity index (χ0n) is 16.9. The summed E-state index contributed by atoms with van der Waals surface area (Å²) in [6, 6.07) is 12.8. The molecule has 2 atom stereocenters. The zero-order chi connectivity index (χ0) is 22.6. The van der Waals surface area contributed by atoms with Crippen molar-refractivity contribution < 1.29 is 18.3 Å². The van der Waals surface area contributed by atoms with Crippen LogP contribution in [0.15, 0.2) is 59.5 Å². The van der Waals surface area contributed by atoms with Crippen LogP contribution in [-0.2, 0) is 0 Å². The number of nitrogens with zero attached hydrogens (tertiary/aromatic N) is 1. The molecule has 1 aliphatic heterocycles. The lowest BCUT2D eigenvalue weighted by atomic mass is 9.84. The van der Waals surface area contributed by atoms with Gasteiger partial charge >= 0.3 is 0 Å². The SMILES string of the molecule is Cc1c([C@H]2c3ccccc3O[C@@H]2c2cc(=O)c3c(C(N)=O)nccc3[nH]2)ccc(F)c1F. The number of rotatable bonds is 3. The summed E-state index contributed by atoms with van der Waals surface area (Å²) in [6.45, 7) is 1.51. The first-order valence-electron chi connectivity index (χ1n) is 9.88. The van der Waals surface area contributed by atoms with E-state index >= 15 is 0 Å². The number of ether oxygens (including phenoxy) is 1. The molecule has 8 heteroatoms. The van der Waals surface area contributed by atoms with Crippen molar-refractivity contribution in [2.45, 2.75) is 18.9 Å². The molecule has 0 bridgehead atoms. The van der Waals surface area contributed by atoms with E-state index in [9.17, 15) is 18.4 Å². The number of benzene rings is 2. The van der Waals surface area contributed by atoms with E-state index in [1.54, 1.807) is 12.1 Å². The molecule has 0 saturated heterocycles. The highest BCUT2D eigenvalue weighted by Crippen LogP contribution is 2.49. The van der Waals surface area contributed by atoms with Gasteiger partial charge in [0.15, 0.2) is 17.1 Å². The van der Waals surface area contributed by atoms with Gasteiger partial charge in [0.25, 0.3) is 5.91 Å². The molecular formula is C24H17F2N3O3. The largest absolute Gasteiger partial charge is 0.483 e. The highest BCUT2D eigenvalue weighted by atomic mass is 19.2. The summed E-state index contributed by atoms with van der Waals surface area (Å²) in [5, 5.41) is 0.0832. The van der Waals surface area contributed by atoms with Gasteiger partial charge in [-0.1, -0.05) is 24.3 Å². The van der Waals surface area contributed by atoms with E-state index in [2.05, 4.69) is 9.97 Å². The molecule has 0 unspecified atom stereocenters. The Balaban J connectivity index is 1.72. The molecule has 4 aromatic rings. The molecular weight excluding hydrogens is 416 g/mol. The number of carbonyl (C=O) groups excluding carboxylic acids is 1. The van der Waals surface area contributed by atoms with Crippen molar-refractivity contribution in [3.8, 4) is 5.75 Å². The number of halogens is 2. The van der Waals surface area contributed by atoms with Gasteiger partial charge in [-0.05, 0) is 36.2 Å². The molecule has 2 aromatic heterocycles. The molecule has 0 spiro atoms. The summed E-state index contributed by atoms with van der Waals surface area (Å²) in [6.07, 6.45) is 0.668. The Morgan fingerprint density at radius 3 is 2.69 bits per heavy atom. The fraction of sp³-hybridized carbons (Fsp3) is 0.125. The Kier molecular flexibility index (Phi) is 4.51. The minimum absolute atomic E-state index is 0.0832. The number of para-hydroxylation sites is 1. The van der Waals surface area contributed by atoms with Gasteiger partial charge in [0, 0.05) is 17.8 Å². The van der Waals surface area contributed by atoms with Crippen molar-refractivity contribution in [3.05, 3.63) is 105 Å². The average molecular weight is 433 g/mol. The summed E-state index contributed by atoms with van der Waals surface area (Å²) in [4.78, 5) is 31.7. The number of carbonyl (C=O) groups is 1. The van der Waals surface area contributed by atoms with Crippen LogP contribution in [-0.4, -0.2) is 15.9 Å². The number of nitrogens with two attached hydrogens (primary N) is 1. The minimum Gasteiger partial charge on any atom is -0.483 e. The van der Waals surface area contributed by atoms with Crippen molar-refractivity contribution in [1.82, 2.24) is 9.97 Å². The van der Waals surface area contributed by atoms with Crippen molar-refractivity contribution in [3.63, 3.8) is 0 Å². The number of pyridine rings is 2. The Morgan fingerprint density at radius 1 is 1.12 bits per heavy atom. The fourth-order valence-electron chi connectivity index (χ4n) is 4.35. The number of hydrogen-bond acceptors (Lipinski definition) is 4. The smallest absolute Gasteiger partial charge is 0.268 e. The summed E-state index contributed by atoms with van der Waals surface area (Å²) in [7, 11) is 0. The van der Waals surface area contributed by atoms with Crippen LogP contribution in [0.25, 0.3) is 10.9 Å². The van der Waals surface area contributed by atoms with Crippen LogP contribution < -0.4 is 15.9 Å². The normalized spacial score (nSPS) is 17.2. The standard InChI is InChI=1S/C24H17F2N3O3/c1-11-12(6-7-14(25)21(11)26)19-13-4-2-3-5-18(13)32-23(19)16-10-17(30)20-15(29-16)8-9-28-22(20)24(27)31/h2-10,19,23H,1H3,(H2,27,31)(H,29,30)/t19-,23+/m0/s1. The van der Waals surface area contributed by atoms with Crippen LogP contribution in [0.4, 0.5) is 8.78 Å². The van der Waals surface area contributed by atoms with Crippen molar-refractivity contribution in [2.24, 2.45) is 5.73 Å². The second-order valence-corrected chi connectivity index (χ2v) is 7.66. The molecule has 160 valence electrons. The molecule has 0 radical (unpaired) electrons. The van der Waals surface area contributed by atoms with E-state index in [1.165, 1.54) is 25.3 Å². The fourth-order valence-corrected chi connectivity index (χ4v) is 4.35. The van der Waals surface area contributed by atoms with E-state index in [1.807, 2.05) is 18.2 Å². The number of aromatic nitrogens is 2. The monoisotopic (exact) mass is 433 g/mol. The van der Waals surface area contributed by atoms with E-state index in [0.717, 1.165) is 11.6 Å². The summed E-state index contributed by atoms with van der Waals surface area (Å²) >= 11 is 0. The van der Waals surface area contributed by atoms with Gasteiger partial charge < -0.3 is 15.5 Å². The van der Waals surface area contributed by atoms with E-state index in [-0.39, 0.29) is 16.6 Å². The van der Waals surface area contributed by atoms with Gasteiger partial charge in [-0.25, -0.2) is 8.78 Å². The molecule has 6 nitrogen and oxygen atoms in total. The second-order valence-electron chi connectivity index (χ2n) is 7.66. The molecule has 1 amide bonds. The first-order valence-corrected chi connectivity index (χ1v) is 9.88.